The molecule has 0 rings (SSSR count). The summed E-state index contributed by atoms with van der Waals surface area (Å²) in [6.45, 7) is 4.49. The smallest absolute Gasteiger partial charge is 0.266 e. The van der Waals surface area contributed by atoms with Gasteiger partial charge in [-0.2, -0.15) is 8.42 Å². The Kier molecular flexibility index (Phi) is 30.9. The molecular weight excluding hydrogens is 570 g/mol. The molecule has 1 amide bonds. The average Bonchev–Trinajstić information content (AvgIpc) is 2.98. The summed E-state index contributed by atoms with van der Waals surface area (Å²) in [7, 11) is -4.31. The van der Waals surface area contributed by atoms with Crippen molar-refractivity contribution in [1.29, 1.82) is 0 Å². The van der Waals surface area contributed by atoms with Crippen molar-refractivity contribution >= 4 is 16.0 Å². The van der Waals surface area contributed by atoms with E-state index in [1.54, 1.807) is 0 Å². The Labute approximate surface area is 273 Å². The maximum atomic E-state index is 12.5. The van der Waals surface area contributed by atoms with Gasteiger partial charge in [0.25, 0.3) is 10.1 Å². The lowest BCUT2D eigenvalue weighted by Gasteiger charge is -2.23. The molecule has 0 aromatic rings. The van der Waals surface area contributed by atoms with Gasteiger partial charge in [0.05, 0.1) is 17.9 Å². The number of carbonyl (C=O) groups is 1. The third kappa shape index (κ3) is 32.2. The first-order chi connectivity index (χ1) is 21.3. The molecule has 0 radical (unpaired) electrons. The van der Waals surface area contributed by atoms with Gasteiger partial charge in [0, 0.05) is 6.42 Å². The molecule has 44 heavy (non-hydrogen) atoms. The van der Waals surface area contributed by atoms with Crippen LogP contribution in [0.2, 0.25) is 0 Å². The highest BCUT2D eigenvalue weighted by Crippen LogP contribution is 2.15. The van der Waals surface area contributed by atoms with Crippen LogP contribution in [-0.2, 0) is 14.9 Å². The van der Waals surface area contributed by atoms with Gasteiger partial charge in [0.2, 0.25) is 5.91 Å². The second-order valence-electron chi connectivity index (χ2n) is 12.9. The number of allylic oxidation sites excluding steroid dienone is 4. The van der Waals surface area contributed by atoms with E-state index in [9.17, 15) is 22.9 Å². The number of nitrogens with one attached hydrogen (secondary N) is 1. The predicted octanol–water partition coefficient (Wildman–Crippen LogP) is 10.4. The molecule has 3 N–H and O–H groups in total. The highest BCUT2D eigenvalue weighted by molar-refractivity contribution is 7.85. The van der Waals surface area contributed by atoms with Crippen molar-refractivity contribution in [3.05, 3.63) is 24.3 Å². The molecular formula is C37H71NO5S. The van der Waals surface area contributed by atoms with E-state index in [1.807, 2.05) is 0 Å². The largest absolute Gasteiger partial charge is 0.391 e. The molecule has 0 aromatic carbocycles. The summed E-state index contributed by atoms with van der Waals surface area (Å²) < 4.78 is 32.4. The zero-order valence-electron chi connectivity index (χ0n) is 28.8. The Bertz CT molecular complexity index is 796. The van der Waals surface area contributed by atoms with Gasteiger partial charge >= 0.3 is 0 Å². The van der Waals surface area contributed by atoms with E-state index in [4.69, 9.17) is 0 Å². The molecule has 0 heterocycles. The first-order valence-electron chi connectivity index (χ1n) is 18.5. The number of aliphatic hydroxyl groups excluding tert-OH is 1. The van der Waals surface area contributed by atoms with Crippen LogP contribution in [0.3, 0.4) is 0 Å². The minimum Gasteiger partial charge on any atom is -0.391 e. The minimum absolute atomic E-state index is 0.260. The van der Waals surface area contributed by atoms with Gasteiger partial charge < -0.3 is 10.4 Å². The van der Waals surface area contributed by atoms with E-state index in [0.29, 0.717) is 12.8 Å². The zero-order chi connectivity index (χ0) is 32.6. The summed E-state index contributed by atoms with van der Waals surface area (Å²) in [5, 5.41) is 13.3. The Morgan fingerprint density at radius 3 is 1.50 bits per heavy atom. The van der Waals surface area contributed by atoms with Gasteiger partial charge in [-0.25, -0.2) is 0 Å². The minimum atomic E-state index is -4.31. The van der Waals surface area contributed by atoms with E-state index in [0.717, 1.165) is 64.2 Å². The van der Waals surface area contributed by atoms with Crippen LogP contribution in [-0.4, -0.2) is 41.9 Å². The molecule has 260 valence electrons. The predicted molar refractivity (Wildman–Crippen MR) is 189 cm³/mol. The maximum absolute atomic E-state index is 12.5. The molecule has 0 fully saturated rings. The first kappa shape index (κ1) is 42.8. The zero-order valence-corrected chi connectivity index (χ0v) is 29.6. The normalized spacial score (nSPS) is 13.6. The molecule has 2 unspecified atom stereocenters. The summed E-state index contributed by atoms with van der Waals surface area (Å²) in [5.41, 5.74) is 0. The second kappa shape index (κ2) is 31.8. The Morgan fingerprint density at radius 1 is 0.614 bits per heavy atom. The fourth-order valence-electron chi connectivity index (χ4n) is 5.60. The van der Waals surface area contributed by atoms with Crippen LogP contribution in [0.15, 0.2) is 24.3 Å². The summed E-state index contributed by atoms with van der Waals surface area (Å²) in [6, 6.07) is -0.975. The molecule has 0 aromatic heterocycles. The van der Waals surface area contributed by atoms with Crippen molar-refractivity contribution in [2.45, 2.75) is 199 Å². The third-order valence-electron chi connectivity index (χ3n) is 8.41. The van der Waals surface area contributed by atoms with Crippen LogP contribution in [0.1, 0.15) is 187 Å². The van der Waals surface area contributed by atoms with Crippen molar-refractivity contribution < 1.29 is 22.9 Å². The van der Waals surface area contributed by atoms with Crippen LogP contribution in [0.5, 0.6) is 0 Å². The number of rotatable bonds is 33. The Morgan fingerprint density at radius 2 is 1.02 bits per heavy atom. The molecule has 0 bridgehead atoms. The van der Waals surface area contributed by atoms with Crippen LogP contribution in [0.4, 0.5) is 0 Å². The molecule has 7 heteroatoms. The monoisotopic (exact) mass is 642 g/mol. The number of hydrogen-bond acceptors (Lipinski definition) is 4. The van der Waals surface area contributed by atoms with Gasteiger partial charge in [-0.15, -0.1) is 0 Å². The standard InChI is InChI=1S/C37H71NO5S/c1-3-5-7-9-11-13-15-17-18-19-21-23-25-27-29-31-33-37(40)38-35(34-44(41,42)43)36(39)32-30-28-26-24-22-20-16-14-12-10-8-6-4-2/h13,15,18-19,35-36,39H,3-12,14,16-17,20-34H2,1-2H3,(H,38,40)(H,41,42,43)/b15-13-,19-18-. The van der Waals surface area contributed by atoms with E-state index >= 15 is 0 Å². The molecule has 6 nitrogen and oxygen atoms in total. The number of carbonyl (C=O) groups excluding carboxylic acids is 1. The summed E-state index contributed by atoms with van der Waals surface area (Å²) in [5.74, 6) is -0.912. The van der Waals surface area contributed by atoms with Gasteiger partial charge in [-0.3, -0.25) is 9.35 Å². The number of amides is 1. The van der Waals surface area contributed by atoms with E-state index < -0.39 is 28.0 Å². The molecule has 2 atom stereocenters. The van der Waals surface area contributed by atoms with E-state index in [-0.39, 0.29) is 5.91 Å². The summed E-state index contributed by atoms with van der Waals surface area (Å²) in [4.78, 5) is 12.5. The van der Waals surface area contributed by atoms with Crippen molar-refractivity contribution in [3.8, 4) is 0 Å². The van der Waals surface area contributed by atoms with Crippen LogP contribution in [0.25, 0.3) is 0 Å². The molecule has 0 spiro atoms. The van der Waals surface area contributed by atoms with Gasteiger partial charge in [-0.1, -0.05) is 160 Å². The number of unbranched alkanes of at least 4 members (excludes halogenated alkanes) is 21. The molecule has 0 saturated heterocycles. The Hall–Kier alpha value is -1.18. The molecule has 0 aliphatic rings. The maximum Gasteiger partial charge on any atom is 0.266 e. The fraction of sp³-hybridized carbons (Fsp3) is 0.865. The van der Waals surface area contributed by atoms with Crippen molar-refractivity contribution in [1.82, 2.24) is 5.32 Å². The van der Waals surface area contributed by atoms with Crippen molar-refractivity contribution in [2.75, 3.05) is 5.75 Å². The van der Waals surface area contributed by atoms with Gasteiger partial charge in [-0.05, 0) is 44.9 Å². The van der Waals surface area contributed by atoms with Gasteiger partial charge in [0.1, 0.15) is 0 Å². The molecule has 0 aliphatic heterocycles. The van der Waals surface area contributed by atoms with Gasteiger partial charge in [0.15, 0.2) is 0 Å². The lowest BCUT2D eigenvalue weighted by molar-refractivity contribution is -0.122. The van der Waals surface area contributed by atoms with E-state index in [1.165, 1.54) is 96.3 Å². The lowest BCUT2D eigenvalue weighted by atomic mass is 10.0. The highest BCUT2D eigenvalue weighted by atomic mass is 32.2. The van der Waals surface area contributed by atoms with Crippen LogP contribution >= 0.6 is 0 Å². The lowest BCUT2D eigenvalue weighted by Crippen LogP contribution is -2.47. The van der Waals surface area contributed by atoms with E-state index in [2.05, 4.69) is 43.5 Å². The number of aliphatic hydroxyl groups is 1. The highest BCUT2D eigenvalue weighted by Gasteiger charge is 2.26. The van der Waals surface area contributed by atoms with Crippen molar-refractivity contribution in [3.63, 3.8) is 0 Å². The molecule has 0 saturated carbocycles. The topological polar surface area (TPSA) is 104 Å². The SMILES string of the molecule is CCCCCC/C=C\C/C=C\CCCCCCCC(=O)NC(CS(=O)(=O)O)C(O)CCCCCCCCCCCCCCC. The third-order valence-corrected chi connectivity index (χ3v) is 9.19. The summed E-state index contributed by atoms with van der Waals surface area (Å²) >= 11 is 0. The van der Waals surface area contributed by atoms with Crippen molar-refractivity contribution in [2.24, 2.45) is 0 Å². The average molecular weight is 642 g/mol. The number of hydrogen-bond donors (Lipinski definition) is 3. The molecule has 0 aliphatic carbocycles. The Balaban J connectivity index is 3.95. The first-order valence-corrected chi connectivity index (χ1v) is 20.1. The van der Waals surface area contributed by atoms with Crippen LogP contribution in [0, 0.1) is 0 Å². The quantitative estimate of drug-likeness (QED) is 0.0376. The second-order valence-corrected chi connectivity index (χ2v) is 14.4. The summed E-state index contributed by atoms with van der Waals surface area (Å²) in [6.07, 6.45) is 38.3. The van der Waals surface area contributed by atoms with Crippen LogP contribution < -0.4 is 5.32 Å². The fourth-order valence-corrected chi connectivity index (χ4v) is 6.36.